The second-order valence-corrected chi connectivity index (χ2v) is 9.81. The Kier molecular flexibility index (Phi) is 6.66. The lowest BCUT2D eigenvalue weighted by Gasteiger charge is -2.44. The van der Waals surface area contributed by atoms with Crippen LogP contribution < -0.4 is 20.0 Å². The predicted molar refractivity (Wildman–Crippen MR) is 137 cm³/mol. The van der Waals surface area contributed by atoms with Crippen LogP contribution in [-0.4, -0.2) is 75.6 Å². The van der Waals surface area contributed by atoms with Gasteiger partial charge in [-0.05, 0) is 55.7 Å². The zero-order valence-electron chi connectivity index (χ0n) is 19.7. The number of halogens is 1. The fraction of sp³-hybridized carbons (Fsp3) is 0.462. The number of anilines is 3. The number of hydrogen-bond donors (Lipinski definition) is 1. The lowest BCUT2D eigenvalue weighted by atomic mass is 9.96. The molecule has 2 saturated heterocycles. The van der Waals surface area contributed by atoms with E-state index in [0.717, 1.165) is 80.6 Å². The van der Waals surface area contributed by atoms with Crippen LogP contribution in [0.15, 0.2) is 42.5 Å². The van der Waals surface area contributed by atoms with Gasteiger partial charge >= 0.3 is 0 Å². The van der Waals surface area contributed by atoms with Crippen LogP contribution >= 0.6 is 11.6 Å². The van der Waals surface area contributed by atoms with Crippen LogP contribution in [0.1, 0.15) is 29.6 Å². The minimum atomic E-state index is -0.0954. The molecule has 7 nitrogen and oxygen atoms in total. The van der Waals surface area contributed by atoms with Gasteiger partial charge < -0.3 is 20.0 Å². The number of carbonyl (C=O) groups is 2. The fourth-order valence-electron chi connectivity index (χ4n) is 5.33. The maximum Gasteiger partial charge on any atom is 0.251 e. The topological polar surface area (TPSA) is 59.1 Å². The van der Waals surface area contributed by atoms with Crippen molar-refractivity contribution in [3.8, 4) is 0 Å². The second-order valence-electron chi connectivity index (χ2n) is 9.37. The lowest BCUT2D eigenvalue weighted by molar-refractivity contribution is -0.120. The first-order chi connectivity index (χ1) is 16.5. The van der Waals surface area contributed by atoms with Gasteiger partial charge in [-0.1, -0.05) is 17.7 Å². The minimum Gasteiger partial charge on any atom is -0.369 e. The number of likely N-dealkylation sites (N-methyl/N-ethyl adjacent to an activating group) is 1. The van der Waals surface area contributed by atoms with Gasteiger partial charge in [-0.25, -0.2) is 0 Å². The lowest BCUT2D eigenvalue weighted by Crippen LogP contribution is -2.54. The Hall–Kier alpha value is -2.77. The summed E-state index contributed by atoms with van der Waals surface area (Å²) in [4.78, 5) is 34.3. The second kappa shape index (κ2) is 9.84. The molecule has 2 aromatic carbocycles. The van der Waals surface area contributed by atoms with Crippen molar-refractivity contribution < 1.29 is 9.59 Å². The molecule has 1 unspecified atom stereocenters. The summed E-state index contributed by atoms with van der Waals surface area (Å²) in [6.45, 7) is 6.08. The van der Waals surface area contributed by atoms with Crippen LogP contribution in [0.4, 0.5) is 17.1 Å². The highest BCUT2D eigenvalue weighted by atomic mass is 35.5. The molecule has 0 aliphatic carbocycles. The summed E-state index contributed by atoms with van der Waals surface area (Å²) in [6, 6.07) is 13.7. The van der Waals surface area contributed by atoms with Crippen LogP contribution in [0.25, 0.3) is 0 Å². The molecule has 34 heavy (non-hydrogen) atoms. The van der Waals surface area contributed by atoms with Crippen molar-refractivity contribution in [2.75, 3.05) is 67.6 Å². The maximum atomic E-state index is 12.8. The molecule has 5 rings (SSSR count). The zero-order chi connectivity index (χ0) is 23.7. The standard InChI is InChI=1S/C26H32ClN5O2/c1-29-24-17-19(8-9-22(24)32-11-3-2-7-23(32)26(29)34)25(33)28-10-12-30-13-15-31(16-14-30)21-6-4-5-20(27)18-21/h4-6,8-9,17-18,23H,2-3,7,10-16H2,1H3,(H,28,33). The maximum absolute atomic E-state index is 12.8. The van der Waals surface area contributed by atoms with Gasteiger partial charge in [-0.2, -0.15) is 0 Å². The quantitative estimate of drug-likeness (QED) is 0.710. The van der Waals surface area contributed by atoms with E-state index in [0.29, 0.717) is 12.1 Å². The van der Waals surface area contributed by atoms with Gasteiger partial charge in [-0.15, -0.1) is 0 Å². The third-order valence-corrected chi connectivity index (χ3v) is 7.52. The molecule has 3 aliphatic rings. The van der Waals surface area contributed by atoms with E-state index in [1.807, 2.05) is 43.4 Å². The summed E-state index contributed by atoms with van der Waals surface area (Å²) in [5, 5.41) is 3.82. The highest BCUT2D eigenvalue weighted by Gasteiger charge is 2.38. The molecule has 180 valence electrons. The van der Waals surface area contributed by atoms with Crippen LogP contribution in [0.5, 0.6) is 0 Å². The van der Waals surface area contributed by atoms with Crippen LogP contribution in [0.2, 0.25) is 5.02 Å². The van der Waals surface area contributed by atoms with Crippen molar-refractivity contribution in [1.29, 1.82) is 0 Å². The molecule has 1 N–H and O–H groups in total. The molecule has 1 atom stereocenters. The van der Waals surface area contributed by atoms with E-state index in [1.54, 1.807) is 4.90 Å². The van der Waals surface area contributed by atoms with E-state index in [9.17, 15) is 9.59 Å². The zero-order valence-corrected chi connectivity index (χ0v) is 20.4. The summed E-state index contributed by atoms with van der Waals surface area (Å²) >= 11 is 6.13. The number of hydrogen-bond acceptors (Lipinski definition) is 5. The number of rotatable bonds is 5. The smallest absolute Gasteiger partial charge is 0.251 e. The van der Waals surface area contributed by atoms with Crippen LogP contribution in [-0.2, 0) is 4.79 Å². The van der Waals surface area contributed by atoms with Gasteiger partial charge in [0.1, 0.15) is 6.04 Å². The first kappa shape index (κ1) is 23.0. The van der Waals surface area contributed by atoms with Gasteiger partial charge in [0.05, 0.1) is 11.4 Å². The van der Waals surface area contributed by atoms with Gasteiger partial charge in [0, 0.05) is 69.1 Å². The molecule has 0 aromatic heterocycles. The molecule has 0 saturated carbocycles. The first-order valence-corrected chi connectivity index (χ1v) is 12.6. The van der Waals surface area contributed by atoms with Crippen molar-refractivity contribution in [2.24, 2.45) is 0 Å². The minimum absolute atomic E-state index is 0.0646. The van der Waals surface area contributed by atoms with E-state index in [1.165, 1.54) is 0 Å². The summed E-state index contributed by atoms with van der Waals surface area (Å²) in [5.74, 6) is 0.0312. The normalized spacial score (nSPS) is 20.7. The average molecular weight is 482 g/mol. The first-order valence-electron chi connectivity index (χ1n) is 12.2. The molecule has 3 aliphatic heterocycles. The van der Waals surface area contributed by atoms with Crippen molar-refractivity contribution >= 4 is 40.5 Å². The van der Waals surface area contributed by atoms with Crippen LogP contribution in [0, 0.1) is 0 Å². The van der Waals surface area contributed by atoms with E-state index in [2.05, 4.69) is 26.1 Å². The Bertz CT molecular complexity index is 1070. The molecular formula is C26H32ClN5O2. The summed E-state index contributed by atoms with van der Waals surface area (Å²) < 4.78 is 0. The number of benzene rings is 2. The number of fused-ring (bicyclic) bond motifs is 3. The number of piperazine rings is 1. The van der Waals surface area contributed by atoms with Crippen molar-refractivity contribution in [3.05, 3.63) is 53.1 Å². The molecule has 2 fully saturated rings. The highest BCUT2D eigenvalue weighted by Crippen LogP contribution is 2.39. The van der Waals surface area contributed by atoms with Crippen molar-refractivity contribution in [1.82, 2.24) is 10.2 Å². The van der Waals surface area contributed by atoms with E-state index < -0.39 is 0 Å². The fourth-order valence-corrected chi connectivity index (χ4v) is 5.51. The number of piperidine rings is 1. The molecule has 8 heteroatoms. The summed E-state index contributed by atoms with van der Waals surface area (Å²) in [5.41, 5.74) is 3.64. The molecular weight excluding hydrogens is 450 g/mol. The highest BCUT2D eigenvalue weighted by molar-refractivity contribution is 6.30. The van der Waals surface area contributed by atoms with E-state index in [4.69, 9.17) is 11.6 Å². The molecule has 0 radical (unpaired) electrons. The average Bonchev–Trinajstić information content (AvgIpc) is 2.87. The largest absolute Gasteiger partial charge is 0.369 e. The molecule has 0 bridgehead atoms. The summed E-state index contributed by atoms with van der Waals surface area (Å²) in [7, 11) is 1.82. The Morgan fingerprint density at radius 3 is 2.65 bits per heavy atom. The number of nitrogens with zero attached hydrogens (tertiary/aromatic N) is 4. The third-order valence-electron chi connectivity index (χ3n) is 7.29. The Labute approximate surface area is 206 Å². The van der Waals surface area contributed by atoms with E-state index >= 15 is 0 Å². The van der Waals surface area contributed by atoms with E-state index in [-0.39, 0.29) is 17.9 Å². The van der Waals surface area contributed by atoms with Gasteiger partial charge in [0.25, 0.3) is 5.91 Å². The van der Waals surface area contributed by atoms with Crippen molar-refractivity contribution in [2.45, 2.75) is 25.3 Å². The molecule has 2 amide bonds. The van der Waals surface area contributed by atoms with Gasteiger partial charge in [0.2, 0.25) is 5.91 Å². The Morgan fingerprint density at radius 1 is 1.03 bits per heavy atom. The molecule has 0 spiro atoms. The number of nitrogens with one attached hydrogen (secondary N) is 1. The Morgan fingerprint density at radius 2 is 1.85 bits per heavy atom. The summed E-state index contributed by atoms with van der Waals surface area (Å²) in [6.07, 6.45) is 3.09. The third kappa shape index (κ3) is 4.59. The number of carbonyl (C=O) groups excluding carboxylic acids is 2. The molecule has 3 heterocycles. The Balaban J connectivity index is 1.14. The van der Waals surface area contributed by atoms with Crippen LogP contribution in [0.3, 0.4) is 0 Å². The SMILES string of the molecule is CN1C(=O)C2CCCCN2c2ccc(C(=O)NCCN3CCN(c4cccc(Cl)c4)CC3)cc21. The van der Waals surface area contributed by atoms with Crippen molar-refractivity contribution in [3.63, 3.8) is 0 Å². The molecule has 2 aromatic rings. The number of amides is 2. The van der Waals surface area contributed by atoms with Gasteiger partial charge in [-0.3, -0.25) is 14.5 Å². The predicted octanol–water partition coefficient (Wildman–Crippen LogP) is 3.23. The monoisotopic (exact) mass is 481 g/mol. The van der Waals surface area contributed by atoms with Gasteiger partial charge in [0.15, 0.2) is 0 Å².